The van der Waals surface area contributed by atoms with Gasteiger partial charge in [-0.15, -0.1) is 5.10 Å². The van der Waals surface area contributed by atoms with Crippen molar-refractivity contribution in [3.63, 3.8) is 0 Å². The van der Waals surface area contributed by atoms with Gasteiger partial charge in [-0.3, -0.25) is 14.3 Å². The first-order valence-corrected chi connectivity index (χ1v) is 9.50. The van der Waals surface area contributed by atoms with Gasteiger partial charge in [0.15, 0.2) is 0 Å². The SMILES string of the molecule is Cn1cnc(C(=O)N2CCC3(CCC(C(=O)N4CCCC4)C3)CC2)n1. The smallest absolute Gasteiger partial charge is 0.293 e. The molecule has 3 heterocycles. The van der Waals surface area contributed by atoms with E-state index in [1.165, 1.54) is 0 Å². The molecule has 1 spiro atoms. The highest BCUT2D eigenvalue weighted by Crippen LogP contribution is 2.49. The Labute approximate surface area is 148 Å². The zero-order chi connectivity index (χ0) is 17.4. The molecule has 4 rings (SSSR count). The highest BCUT2D eigenvalue weighted by Gasteiger charge is 2.45. The van der Waals surface area contributed by atoms with E-state index in [0.717, 1.165) is 71.1 Å². The zero-order valence-corrected chi connectivity index (χ0v) is 15.0. The van der Waals surface area contributed by atoms with Crippen LogP contribution in [0.15, 0.2) is 6.33 Å². The standard InChI is InChI=1S/C18H27N5O2/c1-21-13-19-15(20-21)17(25)23-10-6-18(7-11-23)5-4-14(12-18)16(24)22-8-2-3-9-22/h13-14H,2-12H2,1H3. The summed E-state index contributed by atoms with van der Waals surface area (Å²) < 4.78 is 1.56. The van der Waals surface area contributed by atoms with Gasteiger partial charge in [-0.25, -0.2) is 4.98 Å². The number of piperidine rings is 1. The molecule has 0 aromatic carbocycles. The summed E-state index contributed by atoms with van der Waals surface area (Å²) in [6.45, 7) is 3.40. The fourth-order valence-electron chi connectivity index (χ4n) is 4.83. The van der Waals surface area contributed by atoms with Gasteiger partial charge in [-0.2, -0.15) is 0 Å². The van der Waals surface area contributed by atoms with Crippen molar-refractivity contribution in [3.8, 4) is 0 Å². The lowest BCUT2D eigenvalue weighted by Crippen LogP contribution is -2.43. The van der Waals surface area contributed by atoms with Crippen LogP contribution in [0.4, 0.5) is 0 Å². The second-order valence-corrected chi connectivity index (χ2v) is 8.01. The first-order chi connectivity index (χ1) is 12.1. The molecule has 2 amide bonds. The topological polar surface area (TPSA) is 71.3 Å². The van der Waals surface area contributed by atoms with Crippen LogP contribution < -0.4 is 0 Å². The molecule has 1 unspecified atom stereocenters. The molecule has 136 valence electrons. The van der Waals surface area contributed by atoms with Crippen LogP contribution in [0.2, 0.25) is 0 Å². The van der Waals surface area contributed by atoms with E-state index >= 15 is 0 Å². The Morgan fingerprint density at radius 3 is 2.44 bits per heavy atom. The molecule has 25 heavy (non-hydrogen) atoms. The Balaban J connectivity index is 1.34. The third kappa shape index (κ3) is 3.16. The summed E-state index contributed by atoms with van der Waals surface area (Å²) in [6.07, 6.45) is 9.01. The molecule has 2 saturated heterocycles. The molecular weight excluding hydrogens is 318 g/mol. The third-order valence-corrected chi connectivity index (χ3v) is 6.37. The number of amides is 2. The number of hydrogen-bond donors (Lipinski definition) is 0. The number of nitrogens with zero attached hydrogens (tertiary/aromatic N) is 5. The molecule has 7 nitrogen and oxygen atoms in total. The minimum atomic E-state index is -0.0712. The highest BCUT2D eigenvalue weighted by molar-refractivity contribution is 5.90. The van der Waals surface area contributed by atoms with Crippen LogP contribution in [0, 0.1) is 11.3 Å². The molecule has 1 atom stereocenters. The van der Waals surface area contributed by atoms with Gasteiger partial charge in [0.1, 0.15) is 6.33 Å². The molecule has 1 aliphatic carbocycles. The van der Waals surface area contributed by atoms with Crippen LogP contribution in [0.3, 0.4) is 0 Å². The Bertz CT molecular complexity index is 656. The van der Waals surface area contributed by atoms with E-state index in [0.29, 0.717) is 5.91 Å². The predicted octanol–water partition coefficient (Wildman–Crippen LogP) is 1.46. The summed E-state index contributed by atoms with van der Waals surface area (Å²) in [4.78, 5) is 33.2. The number of aromatic nitrogens is 3. The van der Waals surface area contributed by atoms with Crippen molar-refractivity contribution in [2.45, 2.75) is 44.9 Å². The Hall–Kier alpha value is -1.92. The van der Waals surface area contributed by atoms with Crippen LogP contribution >= 0.6 is 0 Å². The van der Waals surface area contributed by atoms with Gasteiger partial charge in [-0.1, -0.05) is 0 Å². The van der Waals surface area contributed by atoms with Gasteiger partial charge >= 0.3 is 0 Å². The summed E-state index contributed by atoms with van der Waals surface area (Å²) in [5.74, 6) is 0.800. The van der Waals surface area contributed by atoms with Crippen molar-refractivity contribution in [1.29, 1.82) is 0 Å². The second kappa shape index (κ2) is 6.42. The monoisotopic (exact) mass is 345 g/mol. The average Bonchev–Trinajstić information content (AvgIpc) is 3.36. The lowest BCUT2D eigenvalue weighted by atomic mass is 9.76. The van der Waals surface area contributed by atoms with Crippen LogP contribution in [0.25, 0.3) is 0 Å². The first-order valence-electron chi connectivity index (χ1n) is 9.50. The molecule has 0 bridgehead atoms. The van der Waals surface area contributed by atoms with Crippen molar-refractivity contribution >= 4 is 11.8 Å². The molecule has 0 radical (unpaired) electrons. The van der Waals surface area contributed by atoms with E-state index in [1.54, 1.807) is 18.1 Å². The maximum absolute atomic E-state index is 12.7. The van der Waals surface area contributed by atoms with Crippen molar-refractivity contribution in [2.75, 3.05) is 26.2 Å². The number of carbonyl (C=O) groups is 2. The van der Waals surface area contributed by atoms with Crippen LogP contribution in [-0.4, -0.2) is 62.6 Å². The van der Waals surface area contributed by atoms with Crippen molar-refractivity contribution < 1.29 is 9.59 Å². The molecule has 3 aliphatic rings. The Morgan fingerprint density at radius 1 is 1.08 bits per heavy atom. The minimum Gasteiger partial charge on any atom is -0.342 e. The molecule has 7 heteroatoms. The predicted molar refractivity (Wildman–Crippen MR) is 91.7 cm³/mol. The fourth-order valence-corrected chi connectivity index (χ4v) is 4.83. The summed E-state index contributed by atoms with van der Waals surface area (Å²) in [5.41, 5.74) is 0.258. The summed E-state index contributed by atoms with van der Waals surface area (Å²) in [5, 5.41) is 4.12. The lowest BCUT2D eigenvalue weighted by Gasteiger charge is -2.39. The minimum absolute atomic E-state index is 0.0712. The second-order valence-electron chi connectivity index (χ2n) is 8.01. The quantitative estimate of drug-likeness (QED) is 0.813. The van der Waals surface area contributed by atoms with Gasteiger partial charge in [-0.05, 0) is 50.4 Å². The third-order valence-electron chi connectivity index (χ3n) is 6.37. The lowest BCUT2D eigenvalue weighted by molar-refractivity contribution is -0.134. The molecular formula is C18H27N5O2. The fraction of sp³-hybridized carbons (Fsp3) is 0.778. The van der Waals surface area contributed by atoms with E-state index in [4.69, 9.17) is 0 Å². The highest BCUT2D eigenvalue weighted by atomic mass is 16.2. The van der Waals surface area contributed by atoms with E-state index in [9.17, 15) is 9.59 Å². The summed E-state index contributed by atoms with van der Waals surface area (Å²) in [6, 6.07) is 0. The Kier molecular flexibility index (Phi) is 4.25. The van der Waals surface area contributed by atoms with E-state index in [2.05, 4.69) is 15.0 Å². The molecule has 1 aromatic heterocycles. The van der Waals surface area contributed by atoms with Crippen molar-refractivity contribution in [2.24, 2.45) is 18.4 Å². The van der Waals surface area contributed by atoms with E-state index in [1.807, 2.05) is 4.90 Å². The maximum Gasteiger partial charge on any atom is 0.293 e. The largest absolute Gasteiger partial charge is 0.342 e. The summed E-state index contributed by atoms with van der Waals surface area (Å²) in [7, 11) is 1.77. The number of rotatable bonds is 2. The normalized spacial score (nSPS) is 25.7. The van der Waals surface area contributed by atoms with Gasteiger partial charge in [0, 0.05) is 39.1 Å². The molecule has 0 N–H and O–H groups in total. The van der Waals surface area contributed by atoms with Crippen LogP contribution in [0.1, 0.15) is 55.6 Å². The van der Waals surface area contributed by atoms with Crippen LogP contribution in [-0.2, 0) is 11.8 Å². The van der Waals surface area contributed by atoms with Crippen molar-refractivity contribution in [1.82, 2.24) is 24.6 Å². The summed E-state index contributed by atoms with van der Waals surface area (Å²) >= 11 is 0. The maximum atomic E-state index is 12.7. The number of likely N-dealkylation sites (tertiary alicyclic amines) is 2. The molecule has 1 aromatic rings. The number of carbonyl (C=O) groups excluding carboxylic acids is 2. The van der Waals surface area contributed by atoms with Gasteiger partial charge in [0.25, 0.3) is 5.91 Å². The van der Waals surface area contributed by atoms with Crippen molar-refractivity contribution in [3.05, 3.63) is 12.2 Å². The first kappa shape index (κ1) is 16.5. The van der Waals surface area contributed by atoms with Gasteiger partial charge < -0.3 is 9.80 Å². The number of hydrogen-bond acceptors (Lipinski definition) is 4. The van der Waals surface area contributed by atoms with E-state index < -0.39 is 0 Å². The molecule has 1 saturated carbocycles. The Morgan fingerprint density at radius 2 is 1.80 bits per heavy atom. The number of aryl methyl sites for hydroxylation is 1. The van der Waals surface area contributed by atoms with Gasteiger partial charge in [0.2, 0.25) is 11.7 Å². The van der Waals surface area contributed by atoms with Gasteiger partial charge in [0.05, 0.1) is 0 Å². The van der Waals surface area contributed by atoms with E-state index in [-0.39, 0.29) is 23.1 Å². The average molecular weight is 345 g/mol. The molecule has 3 fully saturated rings. The zero-order valence-electron chi connectivity index (χ0n) is 15.0. The molecule has 2 aliphatic heterocycles. The van der Waals surface area contributed by atoms with Crippen LogP contribution in [0.5, 0.6) is 0 Å².